The van der Waals surface area contributed by atoms with E-state index in [1.807, 2.05) is 35.2 Å². The van der Waals surface area contributed by atoms with Gasteiger partial charge in [0.15, 0.2) is 5.78 Å². The number of carbonyl (C=O) groups is 3. The van der Waals surface area contributed by atoms with Gasteiger partial charge in [0.25, 0.3) is 0 Å². The van der Waals surface area contributed by atoms with E-state index in [4.69, 9.17) is 0 Å². The fourth-order valence-electron chi connectivity index (χ4n) is 2.98. The smallest absolute Gasteiger partial charge is 0.238 e. The summed E-state index contributed by atoms with van der Waals surface area (Å²) in [7, 11) is 0. The fourth-order valence-corrected chi connectivity index (χ4v) is 4.17. The van der Waals surface area contributed by atoms with Crippen LogP contribution in [0.25, 0.3) is 0 Å². The lowest BCUT2D eigenvalue weighted by molar-refractivity contribution is -0.126. The highest BCUT2D eigenvalue weighted by atomic mass is 32.2. The molecule has 146 valence electrons. The average molecular weight is 398 g/mol. The van der Waals surface area contributed by atoms with Gasteiger partial charge < -0.3 is 10.6 Å². The van der Waals surface area contributed by atoms with Crippen molar-refractivity contribution in [1.29, 1.82) is 0 Å². The van der Waals surface area contributed by atoms with Gasteiger partial charge in [0.05, 0.1) is 12.6 Å². The summed E-state index contributed by atoms with van der Waals surface area (Å²) in [5, 5.41) is 5.76. The van der Waals surface area contributed by atoms with Gasteiger partial charge in [0, 0.05) is 29.4 Å². The molecule has 1 atom stereocenters. The molecule has 0 saturated carbocycles. The molecule has 1 unspecified atom stereocenters. The predicted octanol–water partition coefficient (Wildman–Crippen LogP) is 2.52. The number of amides is 2. The Balaban J connectivity index is 1.54. The number of benzene rings is 2. The number of thioether (sulfide) groups is 1. The van der Waals surface area contributed by atoms with Crippen LogP contribution in [0.15, 0.2) is 54.6 Å². The summed E-state index contributed by atoms with van der Waals surface area (Å²) in [5.74, 6) is 0.962. The second-order valence-corrected chi connectivity index (χ2v) is 7.65. The first-order chi connectivity index (χ1) is 13.5. The minimum absolute atomic E-state index is 0.0535. The Morgan fingerprint density at radius 3 is 2.64 bits per heavy atom. The van der Waals surface area contributed by atoms with Gasteiger partial charge in [-0.15, -0.1) is 11.8 Å². The lowest BCUT2D eigenvalue weighted by Gasteiger charge is -2.22. The lowest BCUT2D eigenvalue weighted by Crippen LogP contribution is -2.47. The van der Waals surface area contributed by atoms with Gasteiger partial charge in [0.1, 0.15) is 0 Å². The summed E-state index contributed by atoms with van der Waals surface area (Å²) in [4.78, 5) is 38.3. The number of nitrogens with one attached hydrogen (secondary N) is 2. The van der Waals surface area contributed by atoms with E-state index in [-0.39, 0.29) is 30.2 Å². The van der Waals surface area contributed by atoms with Crippen molar-refractivity contribution in [2.24, 2.45) is 0 Å². The highest BCUT2D eigenvalue weighted by Gasteiger charge is 2.32. The van der Waals surface area contributed by atoms with Crippen molar-refractivity contribution in [3.63, 3.8) is 0 Å². The molecule has 2 amide bonds. The number of ketones is 1. The van der Waals surface area contributed by atoms with Crippen LogP contribution in [0, 0.1) is 0 Å². The van der Waals surface area contributed by atoms with Crippen molar-refractivity contribution in [3.05, 3.63) is 65.7 Å². The summed E-state index contributed by atoms with van der Waals surface area (Å²) in [6.07, 6.45) is 0. The third kappa shape index (κ3) is 5.43. The molecule has 3 rings (SSSR count). The van der Waals surface area contributed by atoms with E-state index < -0.39 is 0 Å². The molecule has 2 aromatic carbocycles. The zero-order valence-electron chi connectivity index (χ0n) is 15.7. The van der Waals surface area contributed by atoms with Crippen molar-refractivity contribution in [3.8, 4) is 0 Å². The number of Topliss-reactive ketones (excluding diaryl/α,β-unsaturated/α-hetero) is 1. The standard InChI is InChI=1S/C21H23N3O3S/c1-15(25)17-8-5-9-18(10-17)23-20(26)12-24-14-28-13-19(24)21(27)22-11-16-6-3-2-4-7-16/h2-10,19H,11-14H2,1H3,(H,22,27)(H,23,26). The Bertz CT molecular complexity index is 857. The Kier molecular flexibility index (Phi) is 6.84. The monoisotopic (exact) mass is 397 g/mol. The maximum atomic E-state index is 12.6. The molecule has 0 bridgehead atoms. The van der Waals surface area contributed by atoms with Crippen molar-refractivity contribution in [2.75, 3.05) is 23.5 Å². The van der Waals surface area contributed by atoms with Crippen LogP contribution in [0.2, 0.25) is 0 Å². The maximum absolute atomic E-state index is 12.6. The summed E-state index contributed by atoms with van der Waals surface area (Å²) >= 11 is 1.64. The average Bonchev–Trinajstić information content (AvgIpc) is 3.15. The molecule has 0 radical (unpaired) electrons. The van der Waals surface area contributed by atoms with Gasteiger partial charge in [-0.1, -0.05) is 42.5 Å². The van der Waals surface area contributed by atoms with Gasteiger partial charge in [-0.25, -0.2) is 0 Å². The molecule has 1 heterocycles. The minimum atomic E-state index is -0.331. The fraction of sp³-hybridized carbons (Fsp3) is 0.286. The molecular weight excluding hydrogens is 374 g/mol. The van der Waals surface area contributed by atoms with Gasteiger partial charge >= 0.3 is 0 Å². The molecule has 2 aromatic rings. The van der Waals surface area contributed by atoms with Crippen molar-refractivity contribution >= 4 is 35.0 Å². The first-order valence-corrected chi connectivity index (χ1v) is 10.2. The second kappa shape index (κ2) is 9.52. The number of anilines is 1. The summed E-state index contributed by atoms with van der Waals surface area (Å²) in [6, 6.07) is 16.2. The third-order valence-corrected chi connectivity index (χ3v) is 5.55. The Labute approximate surface area is 168 Å². The number of nitrogens with zero attached hydrogens (tertiary/aromatic N) is 1. The molecule has 2 N–H and O–H groups in total. The van der Waals surface area contributed by atoms with E-state index in [0.717, 1.165) is 5.56 Å². The number of hydrogen-bond acceptors (Lipinski definition) is 5. The van der Waals surface area contributed by atoms with Gasteiger partial charge in [-0.2, -0.15) is 0 Å². The van der Waals surface area contributed by atoms with E-state index in [9.17, 15) is 14.4 Å². The zero-order valence-corrected chi connectivity index (χ0v) is 16.5. The first-order valence-electron chi connectivity index (χ1n) is 9.07. The number of rotatable bonds is 7. The second-order valence-electron chi connectivity index (χ2n) is 6.65. The molecule has 1 aliphatic heterocycles. The maximum Gasteiger partial charge on any atom is 0.238 e. The van der Waals surface area contributed by atoms with Crippen molar-refractivity contribution in [2.45, 2.75) is 19.5 Å². The van der Waals surface area contributed by atoms with E-state index in [1.54, 1.807) is 36.0 Å². The molecule has 28 heavy (non-hydrogen) atoms. The normalized spacial score (nSPS) is 16.5. The predicted molar refractivity (Wildman–Crippen MR) is 111 cm³/mol. The highest BCUT2D eigenvalue weighted by molar-refractivity contribution is 7.99. The highest BCUT2D eigenvalue weighted by Crippen LogP contribution is 2.21. The van der Waals surface area contributed by atoms with Crippen LogP contribution < -0.4 is 10.6 Å². The van der Waals surface area contributed by atoms with Crippen LogP contribution >= 0.6 is 11.8 Å². The summed E-state index contributed by atoms with van der Waals surface area (Å²) in [5.41, 5.74) is 2.17. The summed E-state index contributed by atoms with van der Waals surface area (Å²) < 4.78 is 0. The van der Waals surface area contributed by atoms with Gasteiger partial charge in [-0.3, -0.25) is 19.3 Å². The van der Waals surface area contributed by atoms with E-state index >= 15 is 0 Å². The van der Waals surface area contributed by atoms with E-state index in [1.165, 1.54) is 6.92 Å². The molecule has 6 nitrogen and oxygen atoms in total. The van der Waals surface area contributed by atoms with Gasteiger partial charge in [-0.05, 0) is 24.6 Å². The SMILES string of the molecule is CC(=O)c1cccc(NC(=O)CN2CSCC2C(=O)NCc2ccccc2)c1. The van der Waals surface area contributed by atoms with E-state index in [0.29, 0.717) is 29.4 Å². The van der Waals surface area contributed by atoms with Gasteiger partial charge in [0.2, 0.25) is 11.8 Å². The lowest BCUT2D eigenvalue weighted by atomic mass is 10.1. The topological polar surface area (TPSA) is 78.5 Å². The largest absolute Gasteiger partial charge is 0.351 e. The first kappa shape index (κ1) is 20.1. The molecule has 0 aliphatic carbocycles. The quantitative estimate of drug-likeness (QED) is 0.702. The molecule has 7 heteroatoms. The molecule has 1 saturated heterocycles. The summed E-state index contributed by atoms with van der Waals surface area (Å²) in [6.45, 7) is 2.08. The van der Waals surface area contributed by atoms with Crippen LogP contribution in [0.5, 0.6) is 0 Å². The van der Waals surface area contributed by atoms with Crippen LogP contribution in [0.3, 0.4) is 0 Å². The van der Waals surface area contributed by atoms with Crippen LogP contribution in [0.1, 0.15) is 22.8 Å². The molecule has 1 aliphatic rings. The van der Waals surface area contributed by atoms with Crippen LogP contribution in [-0.2, 0) is 16.1 Å². The Morgan fingerprint density at radius 2 is 1.89 bits per heavy atom. The van der Waals surface area contributed by atoms with E-state index in [2.05, 4.69) is 10.6 Å². The third-order valence-electron chi connectivity index (χ3n) is 4.49. The molecule has 1 fully saturated rings. The Morgan fingerprint density at radius 1 is 1.11 bits per heavy atom. The van der Waals surface area contributed by atoms with Crippen LogP contribution in [0.4, 0.5) is 5.69 Å². The van der Waals surface area contributed by atoms with Crippen molar-refractivity contribution in [1.82, 2.24) is 10.2 Å². The van der Waals surface area contributed by atoms with Crippen LogP contribution in [-0.4, -0.2) is 46.7 Å². The zero-order chi connectivity index (χ0) is 19.9. The Hall–Kier alpha value is -2.64. The number of carbonyl (C=O) groups excluding carboxylic acids is 3. The van der Waals surface area contributed by atoms with Crippen molar-refractivity contribution < 1.29 is 14.4 Å². The molecular formula is C21H23N3O3S. The molecule has 0 spiro atoms. The molecule has 0 aromatic heterocycles. The number of hydrogen-bond donors (Lipinski definition) is 2. The minimum Gasteiger partial charge on any atom is -0.351 e.